The summed E-state index contributed by atoms with van der Waals surface area (Å²) in [5.74, 6) is 5.77. The Labute approximate surface area is 123 Å². The summed E-state index contributed by atoms with van der Waals surface area (Å²) in [4.78, 5) is 25.9. The van der Waals surface area contributed by atoms with Crippen molar-refractivity contribution in [3.63, 3.8) is 0 Å². The molecule has 9 heteroatoms. The molecule has 1 fully saturated rings. The van der Waals surface area contributed by atoms with Gasteiger partial charge in [0.25, 0.3) is 0 Å². The first-order valence-electron chi connectivity index (χ1n) is 6.99. The molecule has 2 heterocycles. The quantitative estimate of drug-likeness (QED) is 0.495. The van der Waals surface area contributed by atoms with Gasteiger partial charge in [-0.25, -0.2) is 5.84 Å². The summed E-state index contributed by atoms with van der Waals surface area (Å²) in [5, 5.41) is 2.88. The lowest BCUT2D eigenvalue weighted by Gasteiger charge is -2.16. The zero-order valence-electron chi connectivity index (χ0n) is 12.3. The molecule has 1 aliphatic rings. The second-order valence-corrected chi connectivity index (χ2v) is 5.02. The van der Waals surface area contributed by atoms with Gasteiger partial charge in [0.2, 0.25) is 17.8 Å². The van der Waals surface area contributed by atoms with Crippen molar-refractivity contribution in [3.8, 4) is 6.01 Å². The third-order valence-corrected chi connectivity index (χ3v) is 2.94. The van der Waals surface area contributed by atoms with Crippen LogP contribution < -0.4 is 21.3 Å². The Morgan fingerprint density at radius 3 is 2.57 bits per heavy atom. The number of nitrogens with zero attached hydrogens (tertiary/aromatic N) is 4. The summed E-state index contributed by atoms with van der Waals surface area (Å²) in [6, 6.07) is 0.157. The monoisotopic (exact) mass is 295 g/mol. The summed E-state index contributed by atoms with van der Waals surface area (Å²) >= 11 is 0. The summed E-state index contributed by atoms with van der Waals surface area (Å²) in [6.07, 6.45) is 2.05. The number of carbonyl (C=O) groups excluding carboxylic acids is 1. The van der Waals surface area contributed by atoms with Crippen LogP contribution in [-0.2, 0) is 4.79 Å². The molecule has 0 saturated carbocycles. The number of carbonyl (C=O) groups is 1. The van der Waals surface area contributed by atoms with Crippen LogP contribution in [0.25, 0.3) is 0 Å². The third-order valence-electron chi connectivity index (χ3n) is 2.94. The second kappa shape index (κ2) is 7.02. The Bertz CT molecular complexity index is 488. The van der Waals surface area contributed by atoms with E-state index in [2.05, 4.69) is 25.7 Å². The van der Waals surface area contributed by atoms with E-state index in [1.165, 1.54) is 0 Å². The van der Waals surface area contributed by atoms with Crippen LogP contribution >= 0.6 is 0 Å². The second-order valence-electron chi connectivity index (χ2n) is 5.02. The van der Waals surface area contributed by atoms with Crippen LogP contribution in [-0.4, -0.2) is 51.5 Å². The van der Waals surface area contributed by atoms with Crippen molar-refractivity contribution in [2.75, 3.05) is 30.4 Å². The summed E-state index contributed by atoms with van der Waals surface area (Å²) < 4.78 is 5.41. The van der Waals surface area contributed by atoms with Gasteiger partial charge >= 0.3 is 6.01 Å². The molecule has 1 aromatic heterocycles. The largest absolute Gasteiger partial charge is 0.461 e. The fraction of sp³-hybridized carbons (Fsp3) is 0.667. The lowest BCUT2D eigenvalue weighted by molar-refractivity contribution is -0.128. The average molecular weight is 295 g/mol. The number of anilines is 2. The SMILES string of the molecule is CC(C)Oc1nc(NN)nc(NCC(=O)N2CCCC2)n1. The van der Waals surface area contributed by atoms with Gasteiger partial charge in [-0.2, -0.15) is 15.0 Å². The zero-order chi connectivity index (χ0) is 15.2. The molecule has 1 aliphatic heterocycles. The van der Waals surface area contributed by atoms with Crippen molar-refractivity contribution in [2.24, 2.45) is 5.84 Å². The Hall–Kier alpha value is -2.16. The fourth-order valence-electron chi connectivity index (χ4n) is 2.00. The van der Waals surface area contributed by atoms with Crippen LogP contribution in [0.5, 0.6) is 6.01 Å². The third kappa shape index (κ3) is 4.42. The molecule has 0 aliphatic carbocycles. The van der Waals surface area contributed by atoms with Crippen LogP contribution in [0, 0.1) is 0 Å². The number of hydrogen-bond acceptors (Lipinski definition) is 8. The maximum absolute atomic E-state index is 12.0. The van der Waals surface area contributed by atoms with Gasteiger partial charge in [0.1, 0.15) is 0 Å². The zero-order valence-corrected chi connectivity index (χ0v) is 12.3. The van der Waals surface area contributed by atoms with E-state index in [-0.39, 0.29) is 36.5 Å². The van der Waals surface area contributed by atoms with Gasteiger partial charge in [-0.1, -0.05) is 0 Å². The normalized spacial score (nSPS) is 14.4. The van der Waals surface area contributed by atoms with E-state index in [0.29, 0.717) is 0 Å². The number of hydrazine groups is 1. The lowest BCUT2D eigenvalue weighted by atomic mass is 10.4. The Balaban J connectivity index is 1.99. The molecule has 116 valence electrons. The topological polar surface area (TPSA) is 118 Å². The van der Waals surface area contributed by atoms with Gasteiger partial charge in [0, 0.05) is 13.1 Å². The Morgan fingerprint density at radius 2 is 1.95 bits per heavy atom. The highest BCUT2D eigenvalue weighted by Crippen LogP contribution is 2.12. The number of amides is 1. The highest BCUT2D eigenvalue weighted by Gasteiger charge is 2.18. The minimum Gasteiger partial charge on any atom is -0.461 e. The van der Waals surface area contributed by atoms with E-state index in [0.717, 1.165) is 25.9 Å². The molecule has 2 rings (SSSR count). The van der Waals surface area contributed by atoms with Crippen molar-refractivity contribution in [2.45, 2.75) is 32.8 Å². The number of ether oxygens (including phenoxy) is 1. The standard InChI is InChI=1S/C12H21N7O2/c1-8(2)21-12-16-10(15-11(17-12)18-13)14-7-9(20)19-5-3-4-6-19/h8H,3-7,13H2,1-2H3,(H2,14,15,16,17,18). The molecule has 4 N–H and O–H groups in total. The average Bonchev–Trinajstić information content (AvgIpc) is 2.98. The number of aromatic nitrogens is 3. The van der Waals surface area contributed by atoms with Crippen molar-refractivity contribution in [1.82, 2.24) is 19.9 Å². The summed E-state index contributed by atoms with van der Waals surface area (Å²) in [7, 11) is 0. The van der Waals surface area contributed by atoms with Crippen LogP contribution in [0.1, 0.15) is 26.7 Å². The van der Waals surface area contributed by atoms with Crippen molar-refractivity contribution in [3.05, 3.63) is 0 Å². The smallest absolute Gasteiger partial charge is 0.323 e. The number of nitrogens with two attached hydrogens (primary N) is 1. The van der Waals surface area contributed by atoms with E-state index < -0.39 is 0 Å². The molecule has 0 unspecified atom stereocenters. The molecule has 0 spiro atoms. The first kappa shape index (κ1) is 15.2. The molecular formula is C12H21N7O2. The predicted molar refractivity (Wildman–Crippen MR) is 77.7 cm³/mol. The van der Waals surface area contributed by atoms with E-state index in [1.807, 2.05) is 18.7 Å². The molecule has 1 amide bonds. The molecule has 9 nitrogen and oxygen atoms in total. The minimum atomic E-state index is -0.0721. The minimum absolute atomic E-state index is 0.0292. The van der Waals surface area contributed by atoms with Gasteiger partial charge in [0.05, 0.1) is 12.6 Å². The van der Waals surface area contributed by atoms with Gasteiger partial charge in [0.15, 0.2) is 0 Å². The molecule has 21 heavy (non-hydrogen) atoms. The summed E-state index contributed by atoms with van der Waals surface area (Å²) in [6.45, 7) is 5.49. The number of likely N-dealkylation sites (tertiary alicyclic amines) is 1. The van der Waals surface area contributed by atoms with Crippen molar-refractivity contribution >= 4 is 17.8 Å². The summed E-state index contributed by atoms with van der Waals surface area (Å²) in [5.41, 5.74) is 2.35. The van der Waals surface area contributed by atoms with E-state index in [1.54, 1.807) is 0 Å². The lowest BCUT2D eigenvalue weighted by Crippen LogP contribution is -2.33. The number of hydrogen-bond donors (Lipinski definition) is 3. The highest BCUT2D eigenvalue weighted by atomic mass is 16.5. The van der Waals surface area contributed by atoms with E-state index in [9.17, 15) is 4.79 Å². The van der Waals surface area contributed by atoms with E-state index >= 15 is 0 Å². The maximum Gasteiger partial charge on any atom is 0.323 e. The Kier molecular flexibility index (Phi) is 5.09. The first-order valence-corrected chi connectivity index (χ1v) is 6.99. The van der Waals surface area contributed by atoms with Gasteiger partial charge in [-0.05, 0) is 26.7 Å². The van der Waals surface area contributed by atoms with Crippen molar-refractivity contribution < 1.29 is 9.53 Å². The maximum atomic E-state index is 12.0. The van der Waals surface area contributed by atoms with Crippen LogP contribution in [0.2, 0.25) is 0 Å². The molecule has 0 radical (unpaired) electrons. The van der Waals surface area contributed by atoms with Gasteiger partial charge < -0.3 is 15.0 Å². The van der Waals surface area contributed by atoms with Crippen LogP contribution in [0.15, 0.2) is 0 Å². The van der Waals surface area contributed by atoms with Crippen LogP contribution in [0.4, 0.5) is 11.9 Å². The predicted octanol–water partition coefficient (Wildman–Crippen LogP) is -0.0213. The molecule has 0 bridgehead atoms. The number of nitrogens with one attached hydrogen (secondary N) is 2. The van der Waals surface area contributed by atoms with Gasteiger partial charge in [-0.15, -0.1) is 0 Å². The number of rotatable bonds is 6. The molecular weight excluding hydrogens is 274 g/mol. The van der Waals surface area contributed by atoms with Crippen molar-refractivity contribution in [1.29, 1.82) is 0 Å². The molecule has 0 atom stereocenters. The Morgan fingerprint density at radius 1 is 1.29 bits per heavy atom. The van der Waals surface area contributed by atoms with Crippen LogP contribution in [0.3, 0.4) is 0 Å². The van der Waals surface area contributed by atoms with Gasteiger partial charge in [-0.3, -0.25) is 10.2 Å². The first-order chi connectivity index (χ1) is 10.1. The number of nitrogen functional groups attached to an aromatic ring is 1. The molecule has 0 aromatic carbocycles. The highest BCUT2D eigenvalue weighted by molar-refractivity contribution is 5.80. The molecule has 1 saturated heterocycles. The fourth-order valence-corrected chi connectivity index (χ4v) is 2.00. The molecule has 1 aromatic rings. The van der Waals surface area contributed by atoms with E-state index in [4.69, 9.17) is 10.6 Å².